The van der Waals surface area contributed by atoms with E-state index in [1.807, 2.05) is 10.6 Å². The first-order chi connectivity index (χ1) is 15.4. The summed E-state index contributed by atoms with van der Waals surface area (Å²) in [4.78, 5) is 24.0. The normalized spacial score (nSPS) is 15.8. The monoisotopic (exact) mass is 442 g/mol. The van der Waals surface area contributed by atoms with Crippen LogP contribution >= 0.6 is 0 Å². The van der Waals surface area contributed by atoms with Crippen molar-refractivity contribution in [3.8, 4) is 5.75 Å². The van der Waals surface area contributed by atoms with Gasteiger partial charge in [0.15, 0.2) is 6.61 Å². The lowest BCUT2D eigenvalue weighted by atomic mass is 9.92. The Balaban J connectivity index is 1.92. The van der Waals surface area contributed by atoms with Crippen LogP contribution in [0, 0.1) is 11.6 Å². The molecule has 168 valence electrons. The summed E-state index contributed by atoms with van der Waals surface area (Å²) in [5.74, 6) is -2.36. The summed E-state index contributed by atoms with van der Waals surface area (Å²) < 4.78 is 40.3. The van der Waals surface area contributed by atoms with E-state index in [1.165, 1.54) is 19.2 Å². The van der Waals surface area contributed by atoms with Crippen molar-refractivity contribution in [2.75, 3.05) is 13.7 Å². The number of nitrogens with zero attached hydrogens (tertiary/aromatic N) is 1. The molecule has 4 rings (SSSR count). The Labute approximate surface area is 183 Å². The van der Waals surface area contributed by atoms with Crippen molar-refractivity contribution in [2.24, 2.45) is 5.73 Å². The number of carbonyl (C=O) groups is 2. The van der Waals surface area contributed by atoms with E-state index in [1.54, 1.807) is 12.1 Å². The van der Waals surface area contributed by atoms with Crippen LogP contribution in [0.25, 0.3) is 10.9 Å². The number of hydrogen-bond donors (Lipinski definition) is 1. The highest BCUT2D eigenvalue weighted by Gasteiger charge is 2.31. The van der Waals surface area contributed by atoms with Gasteiger partial charge in [-0.3, -0.25) is 4.79 Å². The predicted octanol–water partition coefficient (Wildman–Crippen LogP) is 3.81. The van der Waals surface area contributed by atoms with Gasteiger partial charge in [0.2, 0.25) is 5.91 Å². The quantitative estimate of drug-likeness (QED) is 0.465. The molecule has 2 N–H and O–H groups in total. The van der Waals surface area contributed by atoms with Gasteiger partial charge in [0.25, 0.3) is 0 Å². The van der Waals surface area contributed by atoms with Gasteiger partial charge in [-0.2, -0.15) is 0 Å². The molecule has 0 aliphatic heterocycles. The molecule has 1 unspecified atom stereocenters. The predicted molar refractivity (Wildman–Crippen MR) is 114 cm³/mol. The van der Waals surface area contributed by atoms with E-state index in [9.17, 15) is 18.4 Å². The Hall–Kier alpha value is -3.42. The zero-order valence-electron chi connectivity index (χ0n) is 17.7. The molecule has 0 saturated heterocycles. The molecule has 1 aromatic heterocycles. The van der Waals surface area contributed by atoms with Crippen LogP contribution in [0.15, 0.2) is 36.4 Å². The Kier molecular flexibility index (Phi) is 6.12. The molecule has 1 amide bonds. The molecule has 0 radical (unpaired) electrons. The van der Waals surface area contributed by atoms with Crippen LogP contribution in [0.4, 0.5) is 8.78 Å². The molecule has 0 spiro atoms. The maximum absolute atomic E-state index is 14.5. The lowest BCUT2D eigenvalue weighted by Crippen LogP contribution is -2.22. The lowest BCUT2D eigenvalue weighted by Gasteiger charge is -2.14. The van der Waals surface area contributed by atoms with Crippen molar-refractivity contribution in [2.45, 2.75) is 38.1 Å². The molecule has 0 bridgehead atoms. The van der Waals surface area contributed by atoms with Gasteiger partial charge in [-0.1, -0.05) is 18.6 Å². The summed E-state index contributed by atoms with van der Waals surface area (Å²) in [5, 5.41) is 0.680. The smallest absolute Gasteiger partial charge is 0.343 e. The third kappa shape index (κ3) is 4.04. The van der Waals surface area contributed by atoms with Gasteiger partial charge >= 0.3 is 5.97 Å². The number of fused-ring (bicyclic) bond motifs is 3. The van der Waals surface area contributed by atoms with E-state index in [2.05, 4.69) is 4.74 Å². The molecule has 32 heavy (non-hydrogen) atoms. The van der Waals surface area contributed by atoms with Crippen molar-refractivity contribution >= 4 is 22.8 Å². The van der Waals surface area contributed by atoms with Gasteiger partial charge in [-0.05, 0) is 43.0 Å². The number of ether oxygens (including phenoxy) is 2. The maximum atomic E-state index is 14.5. The van der Waals surface area contributed by atoms with Crippen LogP contribution in [0.2, 0.25) is 0 Å². The van der Waals surface area contributed by atoms with Crippen LogP contribution < -0.4 is 10.5 Å². The molecule has 1 heterocycles. The summed E-state index contributed by atoms with van der Waals surface area (Å²) in [6.45, 7) is -0.132. The van der Waals surface area contributed by atoms with Crippen molar-refractivity contribution in [3.05, 3.63) is 64.9 Å². The Morgan fingerprint density at radius 2 is 2.00 bits per heavy atom. The fourth-order valence-electron chi connectivity index (χ4n) is 4.48. The Morgan fingerprint density at radius 3 is 2.72 bits per heavy atom. The molecular formula is C24H24F2N2O4. The van der Waals surface area contributed by atoms with E-state index in [0.717, 1.165) is 35.7 Å². The number of esters is 1. The van der Waals surface area contributed by atoms with Gasteiger partial charge < -0.3 is 19.8 Å². The van der Waals surface area contributed by atoms with Crippen molar-refractivity contribution < 1.29 is 27.8 Å². The molecule has 2 aromatic carbocycles. The van der Waals surface area contributed by atoms with Crippen molar-refractivity contribution in [1.82, 2.24) is 4.57 Å². The first-order valence-electron chi connectivity index (χ1n) is 10.5. The highest BCUT2D eigenvalue weighted by Crippen LogP contribution is 2.42. The van der Waals surface area contributed by atoms with Gasteiger partial charge in [0.05, 0.1) is 25.1 Å². The number of hydrogen-bond acceptors (Lipinski definition) is 4. The highest BCUT2D eigenvalue weighted by molar-refractivity contribution is 5.97. The van der Waals surface area contributed by atoms with E-state index < -0.39 is 29.4 Å². The standard InChI is InChI=1S/C24H24F2N2O4/c1-31-21(29)13-32-20-8-4-7-19-23(20)22-16(24(27)30)5-2-3-6-18(22)28(19)12-14-9-10-15(25)11-17(14)26/h4,7-11,16H,2-3,5-6,12-13H2,1H3,(H2,27,30). The maximum Gasteiger partial charge on any atom is 0.343 e. The zero-order chi connectivity index (χ0) is 22.8. The second kappa shape index (κ2) is 8.98. The number of primary amides is 1. The molecule has 1 atom stereocenters. The SMILES string of the molecule is COC(=O)COc1cccc2c1c1c(n2Cc2ccc(F)cc2F)CCCCC1C(N)=O. The van der Waals surface area contributed by atoms with Crippen LogP contribution in [0.5, 0.6) is 5.75 Å². The summed E-state index contributed by atoms with van der Waals surface area (Å²) in [6.07, 6.45) is 2.93. The zero-order valence-corrected chi connectivity index (χ0v) is 17.7. The number of benzene rings is 2. The number of nitrogens with two attached hydrogens (primary N) is 1. The van der Waals surface area contributed by atoms with Crippen LogP contribution in [-0.4, -0.2) is 30.2 Å². The first kappa shape index (κ1) is 21.8. The summed E-state index contributed by atoms with van der Waals surface area (Å²) in [6, 6.07) is 8.84. The van der Waals surface area contributed by atoms with E-state index in [-0.39, 0.29) is 13.2 Å². The van der Waals surface area contributed by atoms with Gasteiger partial charge in [-0.15, -0.1) is 0 Å². The molecular weight excluding hydrogens is 418 g/mol. The number of rotatable bonds is 6. The van der Waals surface area contributed by atoms with Crippen LogP contribution in [0.3, 0.4) is 0 Å². The summed E-state index contributed by atoms with van der Waals surface area (Å²) in [5.41, 5.74) is 8.46. The van der Waals surface area contributed by atoms with Gasteiger partial charge in [0.1, 0.15) is 17.4 Å². The van der Waals surface area contributed by atoms with Gasteiger partial charge in [0, 0.05) is 22.7 Å². The summed E-state index contributed by atoms with van der Waals surface area (Å²) in [7, 11) is 1.27. The molecule has 1 aliphatic rings. The van der Waals surface area contributed by atoms with E-state index in [4.69, 9.17) is 10.5 Å². The minimum absolute atomic E-state index is 0.157. The van der Waals surface area contributed by atoms with Crippen molar-refractivity contribution in [1.29, 1.82) is 0 Å². The number of methoxy groups -OCH3 is 1. The van der Waals surface area contributed by atoms with E-state index >= 15 is 0 Å². The topological polar surface area (TPSA) is 83.6 Å². The first-order valence-corrected chi connectivity index (χ1v) is 10.5. The second-order valence-corrected chi connectivity index (χ2v) is 7.90. The average Bonchev–Trinajstić information content (AvgIpc) is 2.92. The average molecular weight is 442 g/mol. The minimum Gasteiger partial charge on any atom is -0.481 e. The van der Waals surface area contributed by atoms with Gasteiger partial charge in [-0.25, -0.2) is 13.6 Å². The van der Waals surface area contributed by atoms with Crippen LogP contribution in [-0.2, 0) is 27.3 Å². The lowest BCUT2D eigenvalue weighted by molar-refractivity contribution is -0.142. The fourth-order valence-corrected chi connectivity index (χ4v) is 4.48. The molecule has 0 fully saturated rings. The Bertz CT molecular complexity index is 1190. The molecule has 8 heteroatoms. The second-order valence-electron chi connectivity index (χ2n) is 7.90. The fraction of sp³-hybridized carbons (Fsp3) is 0.333. The molecule has 0 saturated carbocycles. The van der Waals surface area contributed by atoms with E-state index in [0.29, 0.717) is 29.5 Å². The number of aromatic nitrogens is 1. The number of amides is 1. The highest BCUT2D eigenvalue weighted by atomic mass is 19.1. The number of halogens is 2. The Morgan fingerprint density at radius 1 is 1.19 bits per heavy atom. The van der Waals surface area contributed by atoms with Crippen LogP contribution in [0.1, 0.15) is 42.0 Å². The molecule has 1 aliphatic carbocycles. The third-order valence-electron chi connectivity index (χ3n) is 5.97. The third-order valence-corrected chi connectivity index (χ3v) is 5.97. The minimum atomic E-state index is -0.644. The largest absolute Gasteiger partial charge is 0.481 e. The molecule has 3 aromatic rings. The van der Waals surface area contributed by atoms with Crippen molar-refractivity contribution in [3.63, 3.8) is 0 Å². The number of carbonyl (C=O) groups excluding carboxylic acids is 2. The molecule has 6 nitrogen and oxygen atoms in total. The summed E-state index contributed by atoms with van der Waals surface area (Å²) >= 11 is 0.